The molecule has 0 spiro atoms. The number of carbonyl (C=O) groups excluding carboxylic acids is 1. The van der Waals surface area contributed by atoms with Crippen LogP contribution in [0.15, 0.2) is 30.5 Å². The predicted molar refractivity (Wildman–Crippen MR) is 86.8 cm³/mol. The van der Waals surface area contributed by atoms with Gasteiger partial charge >= 0.3 is 0 Å². The second kappa shape index (κ2) is 5.61. The Kier molecular flexibility index (Phi) is 3.44. The molecule has 6 heteroatoms. The molecule has 23 heavy (non-hydrogen) atoms. The highest BCUT2D eigenvalue weighted by Crippen LogP contribution is 2.31. The Labute approximate surface area is 135 Å². The fourth-order valence-corrected chi connectivity index (χ4v) is 3.02. The third-order valence-electron chi connectivity index (χ3n) is 4.30. The predicted octanol–water partition coefficient (Wildman–Crippen LogP) is 2.02. The van der Waals surface area contributed by atoms with Crippen molar-refractivity contribution in [2.45, 2.75) is 38.3 Å². The van der Waals surface area contributed by atoms with Crippen LogP contribution in [-0.4, -0.2) is 44.4 Å². The fourth-order valence-electron chi connectivity index (χ4n) is 3.02. The van der Waals surface area contributed by atoms with Gasteiger partial charge in [-0.15, -0.1) is 0 Å². The zero-order chi connectivity index (χ0) is 15.8. The Bertz CT molecular complexity index is 729. The van der Waals surface area contributed by atoms with E-state index in [1.165, 1.54) is 0 Å². The molecule has 2 aliphatic rings. The average molecular weight is 309 g/mol. The molecule has 4 rings (SSSR count). The molecule has 0 unspecified atom stereocenters. The summed E-state index contributed by atoms with van der Waals surface area (Å²) in [6, 6.07) is 7.83. The Morgan fingerprint density at radius 3 is 2.83 bits per heavy atom. The van der Waals surface area contributed by atoms with Crippen LogP contribution < -0.4 is 5.32 Å². The molecule has 2 aromatic heterocycles. The van der Waals surface area contributed by atoms with Crippen molar-refractivity contribution >= 4 is 11.7 Å². The van der Waals surface area contributed by atoms with E-state index in [4.69, 9.17) is 0 Å². The molecule has 1 amide bonds. The first-order valence-electron chi connectivity index (χ1n) is 8.05. The molecule has 1 N–H and O–H groups in total. The lowest BCUT2D eigenvalue weighted by atomic mass is 10.2. The number of hydrogen-bond donors (Lipinski definition) is 1. The van der Waals surface area contributed by atoms with E-state index in [1.54, 1.807) is 6.20 Å². The van der Waals surface area contributed by atoms with E-state index in [0.29, 0.717) is 17.7 Å². The summed E-state index contributed by atoms with van der Waals surface area (Å²) < 4.78 is 0. The van der Waals surface area contributed by atoms with Gasteiger partial charge in [0.25, 0.3) is 0 Å². The van der Waals surface area contributed by atoms with Crippen LogP contribution >= 0.6 is 0 Å². The average Bonchev–Trinajstić information content (AvgIpc) is 3.33. The largest absolute Gasteiger partial charge is 0.358 e. The molecule has 1 saturated carbocycles. The van der Waals surface area contributed by atoms with E-state index in [0.717, 1.165) is 37.2 Å². The van der Waals surface area contributed by atoms with Gasteiger partial charge in [0.05, 0.1) is 0 Å². The number of hydrogen-bond acceptors (Lipinski definition) is 5. The van der Waals surface area contributed by atoms with Crippen molar-refractivity contribution in [2.24, 2.45) is 0 Å². The first-order chi connectivity index (χ1) is 11.2. The van der Waals surface area contributed by atoms with Crippen LogP contribution in [0.2, 0.25) is 0 Å². The highest BCUT2D eigenvalue weighted by molar-refractivity contribution is 5.87. The summed E-state index contributed by atoms with van der Waals surface area (Å²) in [5.41, 5.74) is 1.59. The third-order valence-corrected chi connectivity index (χ3v) is 4.30. The SMILES string of the molecule is Cc1cc(N[C@@H]2CCN(C3CC3)C2=O)nc(-c2ccccn2)n1. The third kappa shape index (κ3) is 2.88. The second-order valence-corrected chi connectivity index (χ2v) is 6.18. The van der Waals surface area contributed by atoms with Gasteiger partial charge in [0.1, 0.15) is 17.6 Å². The van der Waals surface area contributed by atoms with Crippen LogP contribution in [-0.2, 0) is 4.79 Å². The van der Waals surface area contributed by atoms with Crippen LogP contribution in [0.1, 0.15) is 25.0 Å². The van der Waals surface area contributed by atoms with Crippen molar-refractivity contribution < 1.29 is 4.79 Å². The maximum absolute atomic E-state index is 12.4. The first kappa shape index (κ1) is 14.1. The first-order valence-corrected chi connectivity index (χ1v) is 8.05. The van der Waals surface area contributed by atoms with Gasteiger partial charge in [0, 0.05) is 30.5 Å². The van der Waals surface area contributed by atoms with Gasteiger partial charge in [-0.25, -0.2) is 9.97 Å². The monoisotopic (exact) mass is 309 g/mol. The summed E-state index contributed by atoms with van der Waals surface area (Å²) in [6.45, 7) is 2.77. The summed E-state index contributed by atoms with van der Waals surface area (Å²) in [6.07, 6.45) is 4.85. The second-order valence-electron chi connectivity index (χ2n) is 6.18. The molecule has 1 aliphatic carbocycles. The smallest absolute Gasteiger partial charge is 0.245 e. The van der Waals surface area contributed by atoms with E-state index in [9.17, 15) is 4.79 Å². The quantitative estimate of drug-likeness (QED) is 0.935. The normalized spacial score (nSPS) is 20.8. The fraction of sp³-hybridized carbons (Fsp3) is 0.412. The standard InChI is InChI=1S/C17H19N5O/c1-11-10-15(21-16(19-11)13-4-2-3-8-18-13)20-14-7-9-22(17(14)23)12-5-6-12/h2-4,8,10,12,14H,5-7,9H2,1H3,(H,19,20,21)/t14-/m1/s1. The summed E-state index contributed by atoms with van der Waals surface area (Å²) in [4.78, 5) is 27.7. The van der Waals surface area contributed by atoms with E-state index in [-0.39, 0.29) is 11.9 Å². The van der Waals surface area contributed by atoms with E-state index in [1.807, 2.05) is 36.1 Å². The zero-order valence-corrected chi connectivity index (χ0v) is 13.1. The number of rotatable bonds is 4. The summed E-state index contributed by atoms with van der Waals surface area (Å²) in [7, 11) is 0. The van der Waals surface area contributed by atoms with E-state index in [2.05, 4.69) is 20.3 Å². The minimum atomic E-state index is -0.179. The molecule has 1 atom stereocenters. The highest BCUT2D eigenvalue weighted by Gasteiger charge is 2.40. The Balaban J connectivity index is 1.55. The topological polar surface area (TPSA) is 71.0 Å². The van der Waals surface area contributed by atoms with Crippen LogP contribution in [0.5, 0.6) is 0 Å². The van der Waals surface area contributed by atoms with Crippen LogP contribution in [0.25, 0.3) is 11.5 Å². The minimum absolute atomic E-state index is 0.179. The number of anilines is 1. The number of nitrogens with zero attached hydrogens (tertiary/aromatic N) is 4. The van der Waals surface area contributed by atoms with Crippen molar-refractivity contribution in [2.75, 3.05) is 11.9 Å². The van der Waals surface area contributed by atoms with Gasteiger partial charge in [-0.2, -0.15) is 0 Å². The van der Waals surface area contributed by atoms with Crippen LogP contribution in [0.4, 0.5) is 5.82 Å². The molecule has 0 aromatic carbocycles. The number of likely N-dealkylation sites (tertiary alicyclic amines) is 1. The minimum Gasteiger partial charge on any atom is -0.358 e. The van der Waals surface area contributed by atoms with Gasteiger partial charge in [-0.1, -0.05) is 6.07 Å². The molecule has 0 radical (unpaired) electrons. The lowest BCUT2D eigenvalue weighted by Gasteiger charge is -2.16. The van der Waals surface area contributed by atoms with Gasteiger partial charge < -0.3 is 10.2 Å². The summed E-state index contributed by atoms with van der Waals surface area (Å²) >= 11 is 0. The van der Waals surface area contributed by atoms with Crippen molar-refractivity contribution in [3.63, 3.8) is 0 Å². The number of aryl methyl sites for hydroxylation is 1. The molecule has 2 aromatic rings. The van der Waals surface area contributed by atoms with Crippen molar-refractivity contribution in [1.82, 2.24) is 19.9 Å². The highest BCUT2D eigenvalue weighted by atomic mass is 16.2. The summed E-state index contributed by atoms with van der Waals surface area (Å²) in [5.74, 6) is 1.47. The lowest BCUT2D eigenvalue weighted by Crippen LogP contribution is -2.35. The zero-order valence-electron chi connectivity index (χ0n) is 13.1. The molecule has 2 fully saturated rings. The number of amides is 1. The molecular weight excluding hydrogens is 290 g/mol. The molecule has 6 nitrogen and oxygen atoms in total. The maximum Gasteiger partial charge on any atom is 0.245 e. The summed E-state index contributed by atoms with van der Waals surface area (Å²) in [5, 5.41) is 3.28. The van der Waals surface area contributed by atoms with Crippen LogP contribution in [0.3, 0.4) is 0 Å². The van der Waals surface area contributed by atoms with Gasteiger partial charge in [0.15, 0.2) is 5.82 Å². The number of pyridine rings is 1. The Morgan fingerprint density at radius 2 is 2.09 bits per heavy atom. The maximum atomic E-state index is 12.4. The lowest BCUT2D eigenvalue weighted by molar-refractivity contribution is -0.128. The van der Waals surface area contributed by atoms with Crippen molar-refractivity contribution in [3.05, 3.63) is 36.2 Å². The van der Waals surface area contributed by atoms with Crippen molar-refractivity contribution in [1.29, 1.82) is 0 Å². The number of carbonyl (C=O) groups is 1. The molecule has 3 heterocycles. The molecular formula is C17H19N5O. The van der Waals surface area contributed by atoms with Crippen molar-refractivity contribution in [3.8, 4) is 11.5 Å². The number of aromatic nitrogens is 3. The number of nitrogens with one attached hydrogen (secondary N) is 1. The molecule has 1 saturated heterocycles. The van der Waals surface area contributed by atoms with E-state index < -0.39 is 0 Å². The van der Waals surface area contributed by atoms with Gasteiger partial charge in [-0.3, -0.25) is 9.78 Å². The molecule has 118 valence electrons. The molecule has 0 bridgehead atoms. The van der Waals surface area contributed by atoms with Crippen LogP contribution in [0, 0.1) is 6.92 Å². The van der Waals surface area contributed by atoms with Gasteiger partial charge in [-0.05, 0) is 38.3 Å². The van der Waals surface area contributed by atoms with Gasteiger partial charge in [0.2, 0.25) is 5.91 Å². The molecule has 1 aliphatic heterocycles. The van der Waals surface area contributed by atoms with E-state index >= 15 is 0 Å². The Morgan fingerprint density at radius 1 is 1.22 bits per heavy atom. The Hall–Kier alpha value is -2.50.